The first-order valence-corrected chi connectivity index (χ1v) is 8.02. The molecule has 0 aromatic rings. The van der Waals surface area contributed by atoms with Gasteiger partial charge < -0.3 is 5.32 Å². The average molecular weight is 280 g/mol. The Morgan fingerprint density at radius 3 is 2.35 bits per heavy atom. The Balaban J connectivity index is 2.13. The lowest BCUT2D eigenvalue weighted by atomic mass is 9.94. The van der Waals surface area contributed by atoms with Crippen molar-refractivity contribution in [1.82, 2.24) is 5.32 Å². The second-order valence-electron chi connectivity index (χ2n) is 5.52. The summed E-state index contributed by atoms with van der Waals surface area (Å²) in [4.78, 5) is 0. The SMILES string of the molecule is CCC(Cl)C(Cl)CC(C)CNC1CCCCC1. The van der Waals surface area contributed by atoms with E-state index in [1.54, 1.807) is 0 Å². The number of hydrogen-bond acceptors (Lipinski definition) is 1. The van der Waals surface area contributed by atoms with E-state index < -0.39 is 0 Å². The highest BCUT2D eigenvalue weighted by Gasteiger charge is 2.19. The van der Waals surface area contributed by atoms with Crippen LogP contribution in [0.2, 0.25) is 0 Å². The van der Waals surface area contributed by atoms with E-state index in [0.717, 1.165) is 25.4 Å². The van der Waals surface area contributed by atoms with Gasteiger partial charge in [0.2, 0.25) is 0 Å². The molecule has 0 aromatic carbocycles. The molecule has 3 heteroatoms. The summed E-state index contributed by atoms with van der Waals surface area (Å²) in [6.07, 6.45) is 8.88. The van der Waals surface area contributed by atoms with Crippen molar-refractivity contribution in [2.45, 2.75) is 75.6 Å². The van der Waals surface area contributed by atoms with Gasteiger partial charge in [-0.15, -0.1) is 23.2 Å². The van der Waals surface area contributed by atoms with E-state index in [1.807, 2.05) is 0 Å². The molecule has 3 unspecified atom stereocenters. The van der Waals surface area contributed by atoms with Gasteiger partial charge in [-0.1, -0.05) is 33.1 Å². The van der Waals surface area contributed by atoms with Crippen LogP contribution in [0.15, 0.2) is 0 Å². The van der Waals surface area contributed by atoms with Gasteiger partial charge in [-0.3, -0.25) is 0 Å². The standard InChI is InChI=1S/C14H27Cl2N/c1-3-13(15)14(16)9-11(2)10-17-12-7-5-4-6-8-12/h11-14,17H,3-10H2,1-2H3. The van der Waals surface area contributed by atoms with Gasteiger partial charge in [0, 0.05) is 11.4 Å². The molecule has 1 rings (SSSR count). The van der Waals surface area contributed by atoms with Gasteiger partial charge in [0.1, 0.15) is 0 Å². The Bertz CT molecular complexity index is 193. The van der Waals surface area contributed by atoms with E-state index in [0.29, 0.717) is 5.92 Å². The van der Waals surface area contributed by atoms with Crippen molar-refractivity contribution in [2.24, 2.45) is 5.92 Å². The Morgan fingerprint density at radius 2 is 1.76 bits per heavy atom. The molecular formula is C14H27Cl2N. The lowest BCUT2D eigenvalue weighted by molar-refractivity contribution is 0.345. The maximum atomic E-state index is 6.29. The molecule has 0 spiro atoms. The number of rotatable bonds is 7. The predicted molar refractivity (Wildman–Crippen MR) is 78.2 cm³/mol. The van der Waals surface area contributed by atoms with Crippen LogP contribution in [0.5, 0.6) is 0 Å². The van der Waals surface area contributed by atoms with Crippen LogP contribution in [-0.2, 0) is 0 Å². The third-order valence-corrected chi connectivity index (χ3v) is 4.99. The molecule has 17 heavy (non-hydrogen) atoms. The fourth-order valence-corrected chi connectivity index (χ4v) is 3.13. The van der Waals surface area contributed by atoms with Crippen molar-refractivity contribution in [1.29, 1.82) is 0 Å². The summed E-state index contributed by atoms with van der Waals surface area (Å²) >= 11 is 12.4. The second kappa shape index (κ2) is 8.61. The summed E-state index contributed by atoms with van der Waals surface area (Å²) in [5.74, 6) is 0.618. The lowest BCUT2D eigenvalue weighted by Gasteiger charge is -2.26. The Labute approximate surface area is 117 Å². The van der Waals surface area contributed by atoms with Gasteiger partial charge in [0.25, 0.3) is 0 Å². The molecular weight excluding hydrogens is 253 g/mol. The first-order chi connectivity index (χ1) is 8.13. The second-order valence-corrected chi connectivity index (χ2v) is 6.65. The monoisotopic (exact) mass is 279 g/mol. The summed E-state index contributed by atoms with van der Waals surface area (Å²) in [6.45, 7) is 5.45. The first kappa shape index (κ1) is 15.6. The molecule has 3 atom stereocenters. The molecule has 0 bridgehead atoms. The van der Waals surface area contributed by atoms with Crippen molar-refractivity contribution in [2.75, 3.05) is 6.54 Å². The van der Waals surface area contributed by atoms with Gasteiger partial charge in [-0.05, 0) is 38.1 Å². The zero-order chi connectivity index (χ0) is 12.7. The van der Waals surface area contributed by atoms with Crippen LogP contribution in [-0.4, -0.2) is 23.3 Å². The summed E-state index contributed by atoms with van der Waals surface area (Å²) in [7, 11) is 0. The van der Waals surface area contributed by atoms with E-state index in [-0.39, 0.29) is 10.8 Å². The normalized spacial score (nSPS) is 23.3. The minimum Gasteiger partial charge on any atom is -0.314 e. The van der Waals surface area contributed by atoms with E-state index in [1.165, 1.54) is 32.1 Å². The van der Waals surface area contributed by atoms with Crippen LogP contribution in [0.25, 0.3) is 0 Å². The van der Waals surface area contributed by atoms with Crippen LogP contribution < -0.4 is 5.32 Å². The van der Waals surface area contributed by atoms with Gasteiger partial charge in [-0.2, -0.15) is 0 Å². The Hall–Kier alpha value is 0.540. The molecule has 0 amide bonds. The average Bonchev–Trinajstić information content (AvgIpc) is 2.36. The fourth-order valence-electron chi connectivity index (χ4n) is 2.55. The van der Waals surface area contributed by atoms with Crippen LogP contribution in [0.3, 0.4) is 0 Å². The smallest absolute Gasteiger partial charge is 0.0502 e. The molecule has 1 fully saturated rings. The molecule has 0 radical (unpaired) electrons. The summed E-state index contributed by atoms with van der Waals surface area (Å²) < 4.78 is 0. The molecule has 1 N–H and O–H groups in total. The highest BCUT2D eigenvalue weighted by molar-refractivity contribution is 6.29. The number of hydrogen-bond donors (Lipinski definition) is 1. The van der Waals surface area contributed by atoms with E-state index >= 15 is 0 Å². The van der Waals surface area contributed by atoms with Crippen LogP contribution >= 0.6 is 23.2 Å². The van der Waals surface area contributed by atoms with E-state index in [9.17, 15) is 0 Å². The summed E-state index contributed by atoms with van der Waals surface area (Å²) in [5, 5.41) is 3.92. The largest absolute Gasteiger partial charge is 0.314 e. The highest BCUT2D eigenvalue weighted by atomic mass is 35.5. The molecule has 102 valence electrons. The Morgan fingerprint density at radius 1 is 1.12 bits per heavy atom. The summed E-state index contributed by atoms with van der Waals surface area (Å²) in [5.41, 5.74) is 0. The van der Waals surface area contributed by atoms with Crippen molar-refractivity contribution in [3.05, 3.63) is 0 Å². The maximum Gasteiger partial charge on any atom is 0.0502 e. The van der Waals surface area contributed by atoms with Crippen LogP contribution in [0.1, 0.15) is 58.8 Å². The van der Waals surface area contributed by atoms with Crippen LogP contribution in [0, 0.1) is 5.92 Å². The highest BCUT2D eigenvalue weighted by Crippen LogP contribution is 2.22. The lowest BCUT2D eigenvalue weighted by Crippen LogP contribution is -2.35. The van der Waals surface area contributed by atoms with Gasteiger partial charge in [0.05, 0.1) is 5.38 Å². The molecule has 1 nitrogen and oxygen atoms in total. The first-order valence-electron chi connectivity index (χ1n) is 7.15. The molecule has 0 saturated heterocycles. The minimum absolute atomic E-state index is 0.116. The predicted octanol–water partition coefficient (Wildman–Crippen LogP) is 4.56. The zero-order valence-electron chi connectivity index (χ0n) is 11.2. The molecule has 0 aromatic heterocycles. The molecule has 1 saturated carbocycles. The van der Waals surface area contributed by atoms with Crippen molar-refractivity contribution in [3.8, 4) is 0 Å². The number of nitrogens with one attached hydrogen (secondary N) is 1. The maximum absolute atomic E-state index is 6.29. The van der Waals surface area contributed by atoms with E-state index in [2.05, 4.69) is 19.2 Å². The number of halogens is 2. The van der Waals surface area contributed by atoms with Crippen LogP contribution in [0.4, 0.5) is 0 Å². The Kier molecular flexibility index (Phi) is 7.90. The molecule has 0 heterocycles. The van der Waals surface area contributed by atoms with Crippen molar-refractivity contribution < 1.29 is 0 Å². The van der Waals surface area contributed by atoms with E-state index in [4.69, 9.17) is 23.2 Å². The van der Waals surface area contributed by atoms with Gasteiger partial charge >= 0.3 is 0 Å². The minimum atomic E-state index is 0.116. The summed E-state index contributed by atoms with van der Waals surface area (Å²) in [6, 6.07) is 0.748. The number of alkyl halides is 2. The topological polar surface area (TPSA) is 12.0 Å². The third-order valence-electron chi connectivity index (χ3n) is 3.77. The molecule has 1 aliphatic rings. The quantitative estimate of drug-likeness (QED) is 0.674. The third kappa shape index (κ3) is 6.31. The van der Waals surface area contributed by atoms with Crippen molar-refractivity contribution in [3.63, 3.8) is 0 Å². The van der Waals surface area contributed by atoms with Gasteiger partial charge in [-0.25, -0.2) is 0 Å². The fraction of sp³-hybridized carbons (Fsp3) is 1.00. The van der Waals surface area contributed by atoms with Crippen molar-refractivity contribution >= 4 is 23.2 Å². The molecule has 0 aliphatic heterocycles. The van der Waals surface area contributed by atoms with Gasteiger partial charge in [0.15, 0.2) is 0 Å². The molecule has 1 aliphatic carbocycles. The zero-order valence-corrected chi connectivity index (χ0v) is 12.7.